The molecule has 2 rings (SSSR count). The highest BCUT2D eigenvalue weighted by Crippen LogP contribution is 2.33. The van der Waals surface area contributed by atoms with Crippen LogP contribution in [0.1, 0.15) is 30.9 Å². The zero-order valence-corrected chi connectivity index (χ0v) is 14.2. The number of likely N-dealkylation sites (tertiary alicyclic amines) is 1. The van der Waals surface area contributed by atoms with E-state index in [9.17, 15) is 0 Å². The predicted octanol–water partition coefficient (Wildman–Crippen LogP) is 3.60. The number of hydrogen-bond acceptors (Lipinski definition) is 3. The lowest BCUT2D eigenvalue weighted by Gasteiger charge is -2.33. The van der Waals surface area contributed by atoms with Crippen LogP contribution in [0.15, 0.2) is 22.7 Å². The number of halogens is 2. The summed E-state index contributed by atoms with van der Waals surface area (Å²) in [6.07, 6.45) is 3.45. The molecule has 1 aromatic rings. The van der Waals surface area contributed by atoms with Crippen LogP contribution >= 0.6 is 27.5 Å². The average Bonchev–Trinajstić information content (AvgIpc) is 2.61. The first-order valence-corrected chi connectivity index (χ1v) is 8.24. The van der Waals surface area contributed by atoms with E-state index in [0.29, 0.717) is 0 Å². The molecule has 3 nitrogen and oxygen atoms in total. The molecule has 112 valence electrons. The average molecular weight is 362 g/mol. The monoisotopic (exact) mass is 360 g/mol. The Morgan fingerprint density at radius 3 is 2.95 bits per heavy atom. The summed E-state index contributed by atoms with van der Waals surface area (Å²) in [5.41, 5.74) is 7.66. The minimum atomic E-state index is 0.155. The van der Waals surface area contributed by atoms with Gasteiger partial charge in [-0.1, -0.05) is 24.1 Å². The molecular formula is C15H22BrClN2O. The van der Waals surface area contributed by atoms with Gasteiger partial charge in [0, 0.05) is 24.2 Å². The Morgan fingerprint density at radius 1 is 1.45 bits per heavy atom. The standard InChI is InChI=1S/C15H22BrClN2O/c1-20-9-8-19-7-3-2-4-14(18)15(19)11-5-6-13(17)12(16)10-11/h5-6,10,14-15H,2-4,7-9,18H2,1H3. The number of nitrogens with two attached hydrogens (primary N) is 1. The summed E-state index contributed by atoms with van der Waals surface area (Å²) < 4.78 is 6.17. The van der Waals surface area contributed by atoms with Crippen LogP contribution in [0.2, 0.25) is 5.02 Å². The van der Waals surface area contributed by atoms with Gasteiger partial charge in [-0.3, -0.25) is 4.90 Å². The molecule has 0 amide bonds. The first-order valence-electron chi connectivity index (χ1n) is 7.07. The van der Waals surface area contributed by atoms with Gasteiger partial charge in [-0.05, 0) is 53.0 Å². The molecule has 1 aliphatic rings. The van der Waals surface area contributed by atoms with Gasteiger partial charge in [-0.15, -0.1) is 0 Å². The molecule has 2 unspecified atom stereocenters. The van der Waals surface area contributed by atoms with Crippen LogP contribution in [-0.2, 0) is 4.74 Å². The molecule has 0 aliphatic carbocycles. The molecule has 1 saturated heterocycles. The summed E-state index contributed by atoms with van der Waals surface area (Å²) in [5.74, 6) is 0. The fourth-order valence-corrected chi connectivity index (χ4v) is 3.39. The van der Waals surface area contributed by atoms with Crippen molar-refractivity contribution in [1.29, 1.82) is 0 Å². The second kappa shape index (κ2) is 7.76. The Hall–Kier alpha value is -0.130. The predicted molar refractivity (Wildman–Crippen MR) is 87.2 cm³/mol. The van der Waals surface area contributed by atoms with Crippen LogP contribution in [0.4, 0.5) is 0 Å². The molecular weight excluding hydrogens is 340 g/mol. The van der Waals surface area contributed by atoms with Crippen molar-refractivity contribution < 1.29 is 4.74 Å². The van der Waals surface area contributed by atoms with Crippen molar-refractivity contribution in [3.63, 3.8) is 0 Å². The summed E-state index contributed by atoms with van der Waals surface area (Å²) in [6.45, 7) is 2.72. The topological polar surface area (TPSA) is 38.5 Å². The van der Waals surface area contributed by atoms with E-state index in [-0.39, 0.29) is 12.1 Å². The van der Waals surface area contributed by atoms with Crippen LogP contribution in [0.3, 0.4) is 0 Å². The minimum Gasteiger partial charge on any atom is -0.383 e. The van der Waals surface area contributed by atoms with Crippen LogP contribution < -0.4 is 5.73 Å². The maximum Gasteiger partial charge on any atom is 0.0589 e. The highest BCUT2D eigenvalue weighted by molar-refractivity contribution is 9.10. The molecule has 1 heterocycles. The van der Waals surface area contributed by atoms with Gasteiger partial charge in [0.05, 0.1) is 17.7 Å². The lowest BCUT2D eigenvalue weighted by molar-refractivity contribution is 0.115. The van der Waals surface area contributed by atoms with Gasteiger partial charge in [0.25, 0.3) is 0 Å². The molecule has 0 spiro atoms. The SMILES string of the molecule is COCCN1CCCCC(N)C1c1ccc(Cl)c(Br)c1. The van der Waals surface area contributed by atoms with E-state index in [2.05, 4.69) is 33.0 Å². The van der Waals surface area contributed by atoms with Gasteiger partial charge in [0.15, 0.2) is 0 Å². The summed E-state index contributed by atoms with van der Waals surface area (Å²) >= 11 is 9.61. The van der Waals surface area contributed by atoms with Crippen LogP contribution in [0.25, 0.3) is 0 Å². The van der Waals surface area contributed by atoms with Crippen molar-refractivity contribution in [3.05, 3.63) is 33.3 Å². The van der Waals surface area contributed by atoms with Gasteiger partial charge in [-0.2, -0.15) is 0 Å². The van der Waals surface area contributed by atoms with Gasteiger partial charge in [-0.25, -0.2) is 0 Å². The van der Waals surface area contributed by atoms with Crippen molar-refractivity contribution in [2.24, 2.45) is 5.73 Å². The lowest BCUT2D eigenvalue weighted by Crippen LogP contribution is -2.41. The molecule has 0 bridgehead atoms. The molecule has 1 fully saturated rings. The van der Waals surface area contributed by atoms with Gasteiger partial charge >= 0.3 is 0 Å². The zero-order chi connectivity index (χ0) is 14.5. The maximum atomic E-state index is 6.43. The summed E-state index contributed by atoms with van der Waals surface area (Å²) in [4.78, 5) is 2.44. The Kier molecular flexibility index (Phi) is 6.30. The van der Waals surface area contributed by atoms with E-state index in [4.69, 9.17) is 22.1 Å². The second-order valence-electron chi connectivity index (χ2n) is 5.31. The number of ether oxygens (including phenoxy) is 1. The van der Waals surface area contributed by atoms with Crippen molar-refractivity contribution in [3.8, 4) is 0 Å². The smallest absolute Gasteiger partial charge is 0.0589 e. The number of rotatable bonds is 4. The molecule has 1 aliphatic heterocycles. The van der Waals surface area contributed by atoms with Crippen molar-refractivity contribution >= 4 is 27.5 Å². The molecule has 0 saturated carbocycles. The number of nitrogens with zero attached hydrogens (tertiary/aromatic N) is 1. The maximum absolute atomic E-state index is 6.43. The van der Waals surface area contributed by atoms with Crippen LogP contribution in [0.5, 0.6) is 0 Å². The Balaban J connectivity index is 2.26. The largest absolute Gasteiger partial charge is 0.383 e. The third kappa shape index (κ3) is 3.95. The lowest BCUT2D eigenvalue weighted by atomic mass is 9.96. The quantitative estimate of drug-likeness (QED) is 0.890. The van der Waals surface area contributed by atoms with E-state index >= 15 is 0 Å². The van der Waals surface area contributed by atoms with Crippen molar-refractivity contribution in [1.82, 2.24) is 4.90 Å². The normalized spacial score (nSPS) is 24.6. The highest BCUT2D eigenvalue weighted by atomic mass is 79.9. The van der Waals surface area contributed by atoms with E-state index in [0.717, 1.165) is 35.6 Å². The Morgan fingerprint density at radius 2 is 2.25 bits per heavy atom. The third-order valence-electron chi connectivity index (χ3n) is 3.90. The Labute approximate surface area is 134 Å². The molecule has 0 aromatic heterocycles. The molecule has 1 aromatic carbocycles. The third-order valence-corrected chi connectivity index (χ3v) is 5.11. The van der Waals surface area contributed by atoms with E-state index in [1.807, 2.05) is 6.07 Å². The summed E-state index contributed by atoms with van der Waals surface area (Å²) in [7, 11) is 1.74. The molecule has 2 N–H and O–H groups in total. The second-order valence-corrected chi connectivity index (χ2v) is 6.57. The molecule has 5 heteroatoms. The Bertz CT molecular complexity index is 444. The summed E-state index contributed by atoms with van der Waals surface area (Å²) in [6, 6.07) is 6.51. The first kappa shape index (κ1) is 16.2. The number of benzene rings is 1. The molecule has 20 heavy (non-hydrogen) atoms. The molecule has 2 atom stereocenters. The number of hydrogen-bond donors (Lipinski definition) is 1. The fourth-order valence-electron chi connectivity index (χ4n) is 2.88. The minimum absolute atomic E-state index is 0.155. The fraction of sp³-hybridized carbons (Fsp3) is 0.600. The highest BCUT2D eigenvalue weighted by Gasteiger charge is 2.28. The van der Waals surface area contributed by atoms with E-state index in [1.165, 1.54) is 18.4 Å². The molecule has 0 radical (unpaired) electrons. The van der Waals surface area contributed by atoms with Gasteiger partial charge in [0.2, 0.25) is 0 Å². The van der Waals surface area contributed by atoms with Crippen molar-refractivity contribution in [2.45, 2.75) is 31.3 Å². The van der Waals surface area contributed by atoms with E-state index in [1.54, 1.807) is 7.11 Å². The first-order chi connectivity index (χ1) is 9.63. The van der Waals surface area contributed by atoms with Crippen LogP contribution in [0, 0.1) is 0 Å². The van der Waals surface area contributed by atoms with Gasteiger partial charge in [0.1, 0.15) is 0 Å². The summed E-state index contributed by atoms with van der Waals surface area (Å²) in [5, 5.41) is 0.736. The zero-order valence-electron chi connectivity index (χ0n) is 11.8. The number of methoxy groups -OCH3 is 1. The van der Waals surface area contributed by atoms with Crippen molar-refractivity contribution in [2.75, 3.05) is 26.8 Å². The van der Waals surface area contributed by atoms with Crippen LogP contribution in [-0.4, -0.2) is 37.7 Å². The van der Waals surface area contributed by atoms with E-state index < -0.39 is 0 Å². The van der Waals surface area contributed by atoms with Gasteiger partial charge < -0.3 is 10.5 Å².